The maximum Gasteiger partial charge on any atom is 0.335 e. The Hall–Kier alpha value is -2.49. The predicted octanol–water partition coefficient (Wildman–Crippen LogP) is 2.12. The zero-order valence-corrected chi connectivity index (χ0v) is 14.5. The largest absolute Gasteiger partial charge is 0.478 e. The van der Waals surface area contributed by atoms with E-state index in [0.717, 1.165) is 6.07 Å². The zero-order valence-electron chi connectivity index (χ0n) is 12.9. The summed E-state index contributed by atoms with van der Waals surface area (Å²) in [6.07, 6.45) is 1.72. The molecule has 0 aliphatic heterocycles. The number of pyridine rings is 1. The number of benzene rings is 1. The first-order valence-electron chi connectivity index (χ1n) is 7.14. The SMILES string of the molecule is C[C@@H](NS(=O)(=O)c1cc(C(=O)O)ccc1Cl)c1nnc2ccccn12. The lowest BCUT2D eigenvalue weighted by Gasteiger charge is -2.14. The number of sulfonamides is 1. The molecule has 0 saturated carbocycles. The molecule has 0 spiro atoms. The Morgan fingerprint density at radius 3 is 2.76 bits per heavy atom. The molecule has 1 atom stereocenters. The molecule has 3 rings (SSSR count). The summed E-state index contributed by atoms with van der Waals surface area (Å²) >= 11 is 5.94. The van der Waals surface area contributed by atoms with Crippen LogP contribution in [0, 0.1) is 0 Å². The quantitative estimate of drug-likeness (QED) is 0.700. The Balaban J connectivity index is 1.96. The fraction of sp³-hybridized carbons (Fsp3) is 0.133. The van der Waals surface area contributed by atoms with Crippen molar-refractivity contribution in [1.29, 1.82) is 0 Å². The van der Waals surface area contributed by atoms with Crippen LogP contribution >= 0.6 is 11.6 Å². The number of hydrogen-bond acceptors (Lipinski definition) is 5. The van der Waals surface area contributed by atoms with E-state index in [9.17, 15) is 13.2 Å². The van der Waals surface area contributed by atoms with Crippen molar-refractivity contribution < 1.29 is 18.3 Å². The van der Waals surface area contributed by atoms with Gasteiger partial charge in [-0.3, -0.25) is 4.40 Å². The number of carbonyl (C=O) groups is 1. The van der Waals surface area contributed by atoms with Gasteiger partial charge in [0.25, 0.3) is 0 Å². The Labute approximate surface area is 148 Å². The van der Waals surface area contributed by atoms with Gasteiger partial charge in [-0.15, -0.1) is 10.2 Å². The van der Waals surface area contributed by atoms with Crippen LogP contribution in [-0.2, 0) is 10.0 Å². The van der Waals surface area contributed by atoms with Crippen molar-refractivity contribution in [2.45, 2.75) is 17.9 Å². The van der Waals surface area contributed by atoms with Gasteiger partial charge in [-0.1, -0.05) is 17.7 Å². The van der Waals surface area contributed by atoms with Crippen molar-refractivity contribution in [3.8, 4) is 0 Å². The molecule has 0 bridgehead atoms. The number of rotatable bonds is 5. The smallest absolute Gasteiger partial charge is 0.335 e. The molecule has 0 aliphatic carbocycles. The van der Waals surface area contributed by atoms with Gasteiger partial charge in [0.05, 0.1) is 16.6 Å². The molecular weight excluding hydrogens is 368 g/mol. The summed E-state index contributed by atoms with van der Waals surface area (Å²) in [5.74, 6) is -0.852. The Morgan fingerprint density at radius 2 is 2.04 bits per heavy atom. The van der Waals surface area contributed by atoms with E-state index in [1.165, 1.54) is 12.1 Å². The number of aromatic carboxylic acids is 1. The number of fused-ring (bicyclic) bond motifs is 1. The standard InChI is InChI=1S/C15H13ClN4O4S/c1-9(14-18-17-13-4-2-3-7-20(13)14)19-25(23,24)12-8-10(15(21)22)5-6-11(12)16/h2-9,19H,1H3,(H,21,22)/t9-/m1/s1. The fourth-order valence-corrected chi connectivity index (χ4v) is 4.07. The van der Waals surface area contributed by atoms with Crippen LogP contribution in [0.15, 0.2) is 47.5 Å². The highest BCUT2D eigenvalue weighted by Crippen LogP contribution is 2.24. The number of carboxylic acid groups (broad SMARTS) is 1. The first-order chi connectivity index (χ1) is 11.8. The normalized spacial score (nSPS) is 13.0. The number of hydrogen-bond donors (Lipinski definition) is 2. The highest BCUT2D eigenvalue weighted by atomic mass is 35.5. The van der Waals surface area contributed by atoms with E-state index in [1.807, 2.05) is 0 Å². The number of halogens is 1. The number of nitrogens with zero attached hydrogens (tertiary/aromatic N) is 3. The molecule has 0 saturated heterocycles. The van der Waals surface area contributed by atoms with E-state index in [2.05, 4.69) is 14.9 Å². The van der Waals surface area contributed by atoms with Crippen LogP contribution in [0.1, 0.15) is 29.1 Å². The monoisotopic (exact) mass is 380 g/mol. The second kappa shape index (κ2) is 6.43. The van der Waals surface area contributed by atoms with Crippen molar-refractivity contribution in [2.24, 2.45) is 0 Å². The van der Waals surface area contributed by atoms with Crippen molar-refractivity contribution in [3.05, 3.63) is 59.0 Å². The number of aromatic nitrogens is 3. The first kappa shape index (κ1) is 17.3. The Bertz CT molecular complexity index is 1060. The third kappa shape index (κ3) is 3.34. The summed E-state index contributed by atoms with van der Waals surface area (Å²) in [5.41, 5.74) is 0.403. The van der Waals surface area contributed by atoms with Gasteiger partial charge in [0.2, 0.25) is 10.0 Å². The van der Waals surface area contributed by atoms with Crippen LogP contribution in [0.3, 0.4) is 0 Å². The lowest BCUT2D eigenvalue weighted by Crippen LogP contribution is -2.28. The number of nitrogens with one attached hydrogen (secondary N) is 1. The topological polar surface area (TPSA) is 114 Å². The second-order valence-corrected chi connectivity index (χ2v) is 7.37. The molecular formula is C15H13ClN4O4S. The zero-order chi connectivity index (χ0) is 18.2. The van der Waals surface area contributed by atoms with Gasteiger partial charge in [-0.05, 0) is 37.3 Å². The van der Waals surface area contributed by atoms with Gasteiger partial charge in [0.1, 0.15) is 4.90 Å². The maximum atomic E-state index is 12.6. The molecule has 2 aromatic heterocycles. The lowest BCUT2D eigenvalue weighted by molar-refractivity contribution is 0.0696. The number of carboxylic acids is 1. The van der Waals surface area contributed by atoms with Crippen LogP contribution in [0.2, 0.25) is 5.02 Å². The highest BCUT2D eigenvalue weighted by Gasteiger charge is 2.25. The van der Waals surface area contributed by atoms with Gasteiger partial charge < -0.3 is 5.11 Å². The summed E-state index contributed by atoms with van der Waals surface area (Å²) in [5, 5.41) is 16.9. The van der Waals surface area contributed by atoms with Crippen LogP contribution in [0.4, 0.5) is 0 Å². The lowest BCUT2D eigenvalue weighted by atomic mass is 10.2. The molecule has 130 valence electrons. The van der Waals surface area contributed by atoms with Gasteiger partial charge >= 0.3 is 5.97 Å². The molecule has 0 fully saturated rings. The molecule has 0 aliphatic rings. The van der Waals surface area contributed by atoms with E-state index in [0.29, 0.717) is 11.5 Å². The molecule has 10 heteroatoms. The molecule has 2 N–H and O–H groups in total. The summed E-state index contributed by atoms with van der Waals surface area (Å²) in [7, 11) is -4.07. The average molecular weight is 381 g/mol. The molecule has 8 nitrogen and oxygen atoms in total. The van der Waals surface area contributed by atoms with Crippen molar-refractivity contribution in [1.82, 2.24) is 19.3 Å². The Morgan fingerprint density at radius 1 is 1.28 bits per heavy atom. The van der Waals surface area contributed by atoms with E-state index < -0.39 is 22.0 Å². The van der Waals surface area contributed by atoms with Gasteiger partial charge in [-0.25, -0.2) is 17.9 Å². The third-order valence-electron chi connectivity index (χ3n) is 3.53. The minimum atomic E-state index is -4.07. The highest BCUT2D eigenvalue weighted by molar-refractivity contribution is 7.89. The maximum absolute atomic E-state index is 12.6. The fourth-order valence-electron chi connectivity index (χ4n) is 2.35. The van der Waals surface area contributed by atoms with E-state index in [1.54, 1.807) is 35.7 Å². The van der Waals surface area contributed by atoms with E-state index >= 15 is 0 Å². The third-order valence-corrected chi connectivity index (χ3v) is 5.55. The molecule has 0 unspecified atom stereocenters. The predicted molar refractivity (Wildman–Crippen MR) is 90.1 cm³/mol. The molecule has 3 aromatic rings. The molecule has 2 heterocycles. The minimum Gasteiger partial charge on any atom is -0.478 e. The second-order valence-electron chi connectivity index (χ2n) is 5.28. The molecule has 1 aromatic carbocycles. The van der Waals surface area contributed by atoms with Crippen LogP contribution in [-0.4, -0.2) is 34.1 Å². The summed E-state index contributed by atoms with van der Waals surface area (Å²) in [6.45, 7) is 1.61. The average Bonchev–Trinajstić information content (AvgIpc) is 2.98. The first-order valence-corrected chi connectivity index (χ1v) is 9.00. The van der Waals surface area contributed by atoms with Crippen LogP contribution in [0.25, 0.3) is 5.65 Å². The molecule has 25 heavy (non-hydrogen) atoms. The van der Waals surface area contributed by atoms with E-state index in [4.69, 9.17) is 16.7 Å². The van der Waals surface area contributed by atoms with Gasteiger partial charge in [-0.2, -0.15) is 0 Å². The molecule has 0 radical (unpaired) electrons. The van der Waals surface area contributed by atoms with Crippen molar-refractivity contribution >= 4 is 33.2 Å². The van der Waals surface area contributed by atoms with Crippen LogP contribution < -0.4 is 4.72 Å². The van der Waals surface area contributed by atoms with Gasteiger partial charge in [0.15, 0.2) is 11.5 Å². The van der Waals surface area contributed by atoms with Crippen molar-refractivity contribution in [2.75, 3.05) is 0 Å². The summed E-state index contributed by atoms with van der Waals surface area (Å²) in [6, 6.07) is 8.07. The van der Waals surface area contributed by atoms with Crippen molar-refractivity contribution in [3.63, 3.8) is 0 Å². The minimum absolute atomic E-state index is 0.0733. The molecule has 0 amide bonds. The summed E-state index contributed by atoms with van der Waals surface area (Å²) < 4.78 is 29.3. The van der Waals surface area contributed by atoms with Gasteiger partial charge in [0, 0.05) is 6.20 Å². The Kier molecular flexibility index (Phi) is 4.46. The summed E-state index contributed by atoms with van der Waals surface area (Å²) in [4.78, 5) is 10.8. The van der Waals surface area contributed by atoms with Crippen LogP contribution in [0.5, 0.6) is 0 Å². The van der Waals surface area contributed by atoms with E-state index in [-0.39, 0.29) is 15.5 Å².